The predicted octanol–water partition coefficient (Wildman–Crippen LogP) is 2.15. The zero-order valence-corrected chi connectivity index (χ0v) is 24.7. The Bertz CT molecular complexity index is 1330. The van der Waals surface area contributed by atoms with Crippen LogP contribution in [0.15, 0.2) is 23.9 Å². The molecule has 4 rings (SSSR count). The lowest BCUT2D eigenvalue weighted by Gasteiger charge is -2.60. The molecule has 2 saturated heterocycles. The van der Waals surface area contributed by atoms with Crippen LogP contribution in [-0.2, 0) is 4.79 Å². The molecular formula is C28H38ClN7O4. The minimum Gasteiger partial charge on any atom is -0.491 e. The molecule has 0 bridgehead atoms. The van der Waals surface area contributed by atoms with Crippen molar-refractivity contribution in [3.63, 3.8) is 0 Å². The number of carbonyl (C=O) groups is 2. The monoisotopic (exact) mass is 571 g/mol. The average molecular weight is 572 g/mol. The van der Waals surface area contributed by atoms with E-state index in [0.29, 0.717) is 64.6 Å². The third-order valence-electron chi connectivity index (χ3n) is 7.22. The smallest absolute Gasteiger partial charge is 0.319 e. The summed E-state index contributed by atoms with van der Waals surface area (Å²) in [5.74, 6) is 1.33. The summed E-state index contributed by atoms with van der Waals surface area (Å²) in [6.07, 6.45) is -0.678. The van der Waals surface area contributed by atoms with Crippen molar-refractivity contribution >= 4 is 34.8 Å². The fraction of sp³-hybridized carbons (Fsp3) is 0.500. The molecule has 2 aliphatic rings. The van der Waals surface area contributed by atoms with Gasteiger partial charge in [-0.1, -0.05) is 11.6 Å². The van der Waals surface area contributed by atoms with Crippen molar-refractivity contribution in [1.82, 2.24) is 25.1 Å². The van der Waals surface area contributed by atoms with Crippen LogP contribution in [-0.4, -0.2) is 103 Å². The summed E-state index contributed by atoms with van der Waals surface area (Å²) in [7, 11) is 5.26. The number of ketones is 1. The fourth-order valence-electron chi connectivity index (χ4n) is 5.35. The molecule has 2 amide bonds. The predicted molar refractivity (Wildman–Crippen MR) is 155 cm³/mol. The molecule has 2 aromatic rings. The molecule has 1 aromatic carbocycles. The Morgan fingerprint density at radius 2 is 1.90 bits per heavy atom. The number of nitrogens with two attached hydrogens (primary N) is 1. The highest BCUT2D eigenvalue weighted by molar-refractivity contribution is 6.33. The third kappa shape index (κ3) is 5.86. The van der Waals surface area contributed by atoms with Gasteiger partial charge >= 0.3 is 6.03 Å². The first kappa shape index (κ1) is 29.6. The standard InChI is InChI=1S/C28H38ClN7O4/c1-16-24(23(17(2)30)18(3)37)32-25(21-9-20(7-8-22(21)29)40-11-19(38)10-31-4)33-26(16)35-12-28(13-35)14-36(15-28)27(39)34(5)6/h7-9,19,31,38H,10-15,30H2,1-6H3/t19-/m1/s1. The normalized spacial score (nSPS) is 17.1. The number of allylic oxidation sites excluding steroid dienone is 2. The first-order valence-electron chi connectivity index (χ1n) is 13.2. The van der Waals surface area contributed by atoms with E-state index in [0.717, 1.165) is 18.7 Å². The van der Waals surface area contributed by atoms with Gasteiger partial charge in [-0.05, 0) is 46.0 Å². The van der Waals surface area contributed by atoms with Gasteiger partial charge in [0.15, 0.2) is 11.6 Å². The van der Waals surface area contributed by atoms with Crippen molar-refractivity contribution in [2.24, 2.45) is 11.1 Å². The third-order valence-corrected chi connectivity index (χ3v) is 7.55. The lowest BCUT2D eigenvalue weighted by Crippen LogP contribution is -2.74. The SMILES string of the molecule is CNC[C@@H](O)COc1ccc(Cl)c(-c2nc(C(C(C)=O)=C(C)N)c(C)c(N3CC4(CN(C(=O)N(C)C)C4)C3)n2)c1. The molecule has 40 heavy (non-hydrogen) atoms. The number of aliphatic hydroxyl groups excluding tert-OH is 1. The van der Waals surface area contributed by atoms with Gasteiger partial charge in [-0.25, -0.2) is 14.8 Å². The maximum Gasteiger partial charge on any atom is 0.319 e. The molecule has 1 aromatic heterocycles. The number of hydrogen-bond donors (Lipinski definition) is 3. The van der Waals surface area contributed by atoms with E-state index in [-0.39, 0.29) is 23.8 Å². The van der Waals surface area contributed by atoms with Gasteiger partial charge in [-0.3, -0.25) is 4.79 Å². The molecule has 2 fully saturated rings. The van der Waals surface area contributed by atoms with Gasteiger partial charge in [0.25, 0.3) is 0 Å². The molecule has 216 valence electrons. The maximum atomic E-state index is 12.7. The Morgan fingerprint density at radius 1 is 1.23 bits per heavy atom. The van der Waals surface area contributed by atoms with Crippen LogP contribution in [0, 0.1) is 12.3 Å². The second-order valence-corrected chi connectivity index (χ2v) is 11.4. The summed E-state index contributed by atoms with van der Waals surface area (Å²) in [5.41, 5.74) is 8.61. The van der Waals surface area contributed by atoms with Crippen molar-refractivity contribution in [3.05, 3.63) is 40.2 Å². The highest BCUT2D eigenvalue weighted by Gasteiger charge is 2.54. The number of anilines is 1. The van der Waals surface area contributed by atoms with Crippen LogP contribution in [0.2, 0.25) is 5.02 Å². The highest BCUT2D eigenvalue weighted by Crippen LogP contribution is 2.44. The van der Waals surface area contributed by atoms with Crippen molar-refractivity contribution in [2.45, 2.75) is 26.9 Å². The topological polar surface area (TPSA) is 137 Å². The largest absolute Gasteiger partial charge is 0.491 e. The zero-order valence-electron chi connectivity index (χ0n) is 23.9. The van der Waals surface area contributed by atoms with E-state index >= 15 is 0 Å². The Kier molecular flexibility index (Phi) is 8.57. The molecule has 1 spiro atoms. The first-order chi connectivity index (χ1) is 18.9. The van der Waals surface area contributed by atoms with Gasteiger partial charge in [0.2, 0.25) is 0 Å². The fourth-order valence-corrected chi connectivity index (χ4v) is 5.56. The van der Waals surface area contributed by atoms with Crippen molar-refractivity contribution in [3.8, 4) is 17.1 Å². The quantitative estimate of drug-likeness (QED) is 0.387. The number of likely N-dealkylation sites (tertiary alicyclic amines) is 1. The number of ether oxygens (including phenoxy) is 1. The summed E-state index contributed by atoms with van der Waals surface area (Å²) < 4.78 is 5.79. The number of benzene rings is 1. The van der Waals surface area contributed by atoms with E-state index in [1.165, 1.54) is 6.92 Å². The summed E-state index contributed by atoms with van der Waals surface area (Å²) in [4.78, 5) is 40.2. The first-order valence-corrected chi connectivity index (χ1v) is 13.6. The lowest BCUT2D eigenvalue weighted by molar-refractivity contribution is -0.111. The molecule has 1 atom stereocenters. The Balaban J connectivity index is 1.69. The summed E-state index contributed by atoms with van der Waals surface area (Å²) in [6, 6.07) is 5.15. The van der Waals surface area contributed by atoms with Crippen LogP contribution in [0.1, 0.15) is 25.1 Å². The number of hydrogen-bond acceptors (Lipinski definition) is 9. The Morgan fingerprint density at radius 3 is 2.48 bits per heavy atom. The van der Waals surface area contributed by atoms with E-state index < -0.39 is 6.10 Å². The molecule has 0 aliphatic carbocycles. The maximum absolute atomic E-state index is 12.7. The molecule has 11 nitrogen and oxygen atoms in total. The molecular weight excluding hydrogens is 534 g/mol. The van der Waals surface area contributed by atoms with Gasteiger partial charge in [0.05, 0.1) is 16.3 Å². The van der Waals surface area contributed by atoms with Gasteiger partial charge in [-0.2, -0.15) is 0 Å². The number of aromatic nitrogens is 2. The van der Waals surface area contributed by atoms with E-state index in [1.54, 1.807) is 51.2 Å². The number of Topliss-reactive ketones (excluding diaryl/α,β-unsaturated/α-hetero) is 1. The van der Waals surface area contributed by atoms with Crippen LogP contribution < -0.4 is 20.7 Å². The molecule has 12 heteroatoms. The lowest BCUT2D eigenvalue weighted by atomic mass is 9.73. The van der Waals surface area contributed by atoms with Crippen LogP contribution in [0.4, 0.5) is 10.6 Å². The summed E-state index contributed by atoms with van der Waals surface area (Å²) in [6.45, 7) is 8.35. The molecule has 4 N–H and O–H groups in total. The van der Waals surface area contributed by atoms with Gasteiger partial charge in [0.1, 0.15) is 24.3 Å². The van der Waals surface area contributed by atoms with E-state index in [2.05, 4.69) is 10.2 Å². The second kappa shape index (κ2) is 11.6. The number of rotatable bonds is 9. The number of nitrogens with zero attached hydrogens (tertiary/aromatic N) is 5. The summed E-state index contributed by atoms with van der Waals surface area (Å²) in [5, 5.41) is 13.4. The number of aliphatic hydroxyl groups is 1. The number of nitrogens with one attached hydrogen (secondary N) is 1. The van der Waals surface area contributed by atoms with E-state index in [1.807, 2.05) is 11.8 Å². The minimum atomic E-state index is -0.678. The Labute approximate surface area is 239 Å². The second-order valence-electron chi connectivity index (χ2n) is 11.0. The van der Waals surface area contributed by atoms with Gasteiger partial charge < -0.3 is 35.6 Å². The minimum absolute atomic E-state index is 0.0109. The van der Waals surface area contributed by atoms with Gasteiger partial charge in [0, 0.05) is 69.1 Å². The van der Waals surface area contributed by atoms with Gasteiger partial charge in [-0.15, -0.1) is 0 Å². The average Bonchev–Trinajstić information content (AvgIpc) is 2.83. The molecule has 0 radical (unpaired) electrons. The molecule has 3 heterocycles. The molecule has 2 aliphatic heterocycles. The van der Waals surface area contributed by atoms with E-state index in [9.17, 15) is 14.7 Å². The number of amides is 2. The Hall–Kier alpha value is -3.41. The molecule has 0 unspecified atom stereocenters. The van der Waals surface area contributed by atoms with Crippen molar-refractivity contribution < 1.29 is 19.4 Å². The van der Waals surface area contributed by atoms with Crippen LogP contribution in [0.25, 0.3) is 17.0 Å². The van der Waals surface area contributed by atoms with Crippen LogP contribution in [0.5, 0.6) is 5.75 Å². The van der Waals surface area contributed by atoms with Crippen molar-refractivity contribution in [2.75, 3.05) is 65.4 Å². The number of urea groups is 1. The number of halogens is 1. The van der Waals surface area contributed by atoms with E-state index in [4.69, 9.17) is 32.0 Å². The van der Waals surface area contributed by atoms with Crippen LogP contribution >= 0.6 is 11.6 Å². The molecule has 0 saturated carbocycles. The number of likely N-dealkylation sites (N-methyl/N-ethyl adjacent to an activating group) is 1. The van der Waals surface area contributed by atoms with Crippen molar-refractivity contribution in [1.29, 1.82) is 0 Å². The zero-order chi connectivity index (χ0) is 29.4. The summed E-state index contributed by atoms with van der Waals surface area (Å²) >= 11 is 6.61. The highest BCUT2D eigenvalue weighted by atomic mass is 35.5. The number of carbonyl (C=O) groups excluding carboxylic acids is 2. The van der Waals surface area contributed by atoms with Crippen LogP contribution in [0.3, 0.4) is 0 Å².